The minimum atomic E-state index is -0.170. The van der Waals surface area contributed by atoms with Crippen LogP contribution in [0.25, 0.3) is 0 Å². The van der Waals surface area contributed by atoms with Gasteiger partial charge in [0.2, 0.25) is 5.91 Å². The van der Waals surface area contributed by atoms with Gasteiger partial charge in [-0.15, -0.1) is 0 Å². The second-order valence-corrected chi connectivity index (χ2v) is 7.08. The molecule has 1 unspecified atom stereocenters. The zero-order valence-corrected chi connectivity index (χ0v) is 15.6. The van der Waals surface area contributed by atoms with Crippen LogP contribution in [0.15, 0.2) is 34.9 Å². The second kappa shape index (κ2) is 7.72. The zero-order chi connectivity index (χ0) is 18.7. The Hall–Kier alpha value is -2.63. The van der Waals surface area contributed by atoms with Gasteiger partial charge in [-0.1, -0.05) is 22.9 Å². The minimum absolute atomic E-state index is 0.00252. The molecule has 138 valence electrons. The maximum absolute atomic E-state index is 12.8. The third-order valence-electron chi connectivity index (χ3n) is 4.81. The Bertz CT molecular complexity index is 782. The predicted octanol–water partition coefficient (Wildman–Crippen LogP) is 2.80. The largest absolute Gasteiger partial charge is 0.361 e. The highest BCUT2D eigenvalue weighted by molar-refractivity contribution is 5.94. The molecule has 0 radical (unpaired) electrons. The molecule has 1 aliphatic heterocycles. The number of piperidine rings is 1. The van der Waals surface area contributed by atoms with Crippen molar-refractivity contribution >= 4 is 11.8 Å². The fraction of sp³-hybridized carbons (Fsp3) is 0.450. The van der Waals surface area contributed by atoms with E-state index in [1.165, 1.54) is 0 Å². The van der Waals surface area contributed by atoms with Gasteiger partial charge in [0.15, 0.2) is 0 Å². The van der Waals surface area contributed by atoms with Gasteiger partial charge >= 0.3 is 0 Å². The molecule has 2 aromatic rings. The van der Waals surface area contributed by atoms with Crippen LogP contribution in [0.3, 0.4) is 0 Å². The van der Waals surface area contributed by atoms with E-state index < -0.39 is 0 Å². The first-order valence-electron chi connectivity index (χ1n) is 8.97. The normalized spacial score (nSPS) is 17.2. The number of hydrogen-bond donors (Lipinski definition) is 0. The lowest BCUT2D eigenvalue weighted by Gasteiger charge is -2.34. The van der Waals surface area contributed by atoms with E-state index in [9.17, 15) is 9.59 Å². The molecule has 1 aromatic carbocycles. The van der Waals surface area contributed by atoms with Crippen LogP contribution >= 0.6 is 0 Å². The molecular formula is C20H25N3O3. The Morgan fingerprint density at radius 3 is 2.65 bits per heavy atom. The molecule has 1 aromatic heterocycles. The maximum atomic E-state index is 12.8. The summed E-state index contributed by atoms with van der Waals surface area (Å²) in [6.07, 6.45) is 1.64. The quantitative estimate of drug-likeness (QED) is 0.846. The first-order chi connectivity index (χ1) is 12.4. The van der Waals surface area contributed by atoms with Crippen molar-refractivity contribution in [3.05, 3.63) is 52.9 Å². The van der Waals surface area contributed by atoms with E-state index in [0.29, 0.717) is 25.2 Å². The number of nitrogens with zero attached hydrogens (tertiary/aromatic N) is 3. The molecule has 0 saturated carbocycles. The highest BCUT2D eigenvalue weighted by Gasteiger charge is 2.30. The van der Waals surface area contributed by atoms with Crippen molar-refractivity contribution in [2.24, 2.45) is 5.92 Å². The van der Waals surface area contributed by atoms with Crippen molar-refractivity contribution in [1.29, 1.82) is 0 Å². The van der Waals surface area contributed by atoms with E-state index in [4.69, 9.17) is 4.52 Å². The molecule has 0 aliphatic carbocycles. The summed E-state index contributed by atoms with van der Waals surface area (Å²) in [6, 6.07) is 9.41. The number of aryl methyl sites for hydroxylation is 2. The topological polar surface area (TPSA) is 66.7 Å². The van der Waals surface area contributed by atoms with E-state index in [0.717, 1.165) is 29.9 Å². The lowest BCUT2D eigenvalue weighted by molar-refractivity contribution is -0.136. The second-order valence-electron chi connectivity index (χ2n) is 7.08. The Morgan fingerprint density at radius 1 is 1.27 bits per heavy atom. The first-order valence-corrected chi connectivity index (χ1v) is 8.97. The van der Waals surface area contributed by atoms with E-state index in [1.807, 2.05) is 44.2 Å². The lowest BCUT2D eigenvalue weighted by Crippen LogP contribution is -2.45. The molecule has 1 saturated heterocycles. The minimum Gasteiger partial charge on any atom is -0.361 e. The van der Waals surface area contributed by atoms with Crippen LogP contribution in [-0.4, -0.2) is 46.9 Å². The number of rotatable bonds is 4. The molecule has 3 rings (SSSR count). The van der Waals surface area contributed by atoms with Gasteiger partial charge in [-0.2, -0.15) is 0 Å². The Morgan fingerprint density at radius 2 is 2.00 bits per heavy atom. The molecule has 0 spiro atoms. The summed E-state index contributed by atoms with van der Waals surface area (Å²) in [5, 5.41) is 3.94. The molecule has 2 amide bonds. The molecule has 6 heteroatoms. The van der Waals surface area contributed by atoms with Gasteiger partial charge in [-0.3, -0.25) is 9.59 Å². The number of amides is 2. The molecule has 2 heterocycles. The van der Waals surface area contributed by atoms with Crippen LogP contribution in [0.5, 0.6) is 0 Å². The van der Waals surface area contributed by atoms with Crippen molar-refractivity contribution in [3.63, 3.8) is 0 Å². The lowest BCUT2D eigenvalue weighted by atomic mass is 9.96. The summed E-state index contributed by atoms with van der Waals surface area (Å²) in [4.78, 5) is 29.0. The van der Waals surface area contributed by atoms with Crippen LogP contribution < -0.4 is 0 Å². The highest BCUT2D eigenvalue weighted by atomic mass is 16.5. The monoisotopic (exact) mass is 355 g/mol. The number of hydrogen-bond acceptors (Lipinski definition) is 4. The van der Waals surface area contributed by atoms with Crippen LogP contribution in [0.2, 0.25) is 0 Å². The predicted molar refractivity (Wildman–Crippen MR) is 97.5 cm³/mol. The van der Waals surface area contributed by atoms with Crippen molar-refractivity contribution in [3.8, 4) is 0 Å². The third kappa shape index (κ3) is 4.12. The Kier molecular flexibility index (Phi) is 5.40. The Balaban J connectivity index is 1.62. The number of likely N-dealkylation sites (tertiary alicyclic amines) is 1. The summed E-state index contributed by atoms with van der Waals surface area (Å²) in [5.41, 5.74) is 2.54. The summed E-state index contributed by atoms with van der Waals surface area (Å²) in [6.45, 7) is 5.40. The summed E-state index contributed by atoms with van der Waals surface area (Å²) in [7, 11) is 1.77. The third-order valence-corrected chi connectivity index (χ3v) is 4.81. The molecule has 0 bridgehead atoms. The van der Waals surface area contributed by atoms with E-state index in [2.05, 4.69) is 5.16 Å². The number of aromatic nitrogens is 1. The molecule has 26 heavy (non-hydrogen) atoms. The summed E-state index contributed by atoms with van der Waals surface area (Å²) >= 11 is 0. The van der Waals surface area contributed by atoms with Crippen molar-refractivity contribution in [2.75, 3.05) is 20.1 Å². The van der Waals surface area contributed by atoms with Crippen LogP contribution in [0.1, 0.15) is 40.2 Å². The van der Waals surface area contributed by atoms with Crippen LogP contribution in [-0.2, 0) is 11.3 Å². The molecule has 0 N–H and O–H groups in total. The van der Waals surface area contributed by atoms with Gasteiger partial charge in [-0.25, -0.2) is 0 Å². The summed E-state index contributed by atoms with van der Waals surface area (Å²) in [5.74, 6) is 0.605. The van der Waals surface area contributed by atoms with E-state index in [-0.39, 0.29) is 17.7 Å². The van der Waals surface area contributed by atoms with Crippen molar-refractivity contribution < 1.29 is 14.1 Å². The van der Waals surface area contributed by atoms with Crippen LogP contribution in [0.4, 0.5) is 0 Å². The van der Waals surface area contributed by atoms with Gasteiger partial charge in [0.05, 0.1) is 12.5 Å². The number of carbonyl (C=O) groups is 2. The van der Waals surface area contributed by atoms with Gasteiger partial charge in [-0.05, 0) is 38.8 Å². The SMILES string of the molecule is Cc1ccc(C(=O)N2CCCC(C(=O)N(C)Cc3cc(C)on3)C2)cc1. The smallest absolute Gasteiger partial charge is 0.253 e. The standard InChI is InChI=1S/C20H25N3O3/c1-14-6-8-16(9-7-14)20(25)23-10-4-5-17(12-23)19(24)22(3)13-18-11-15(2)26-21-18/h6-9,11,17H,4-5,10,12-13H2,1-3H3. The summed E-state index contributed by atoms with van der Waals surface area (Å²) < 4.78 is 5.06. The number of benzene rings is 1. The molecule has 6 nitrogen and oxygen atoms in total. The van der Waals surface area contributed by atoms with Crippen molar-refractivity contribution in [2.45, 2.75) is 33.2 Å². The average molecular weight is 355 g/mol. The van der Waals surface area contributed by atoms with Gasteiger partial charge in [0.25, 0.3) is 5.91 Å². The van der Waals surface area contributed by atoms with E-state index >= 15 is 0 Å². The fourth-order valence-electron chi connectivity index (χ4n) is 3.37. The zero-order valence-electron chi connectivity index (χ0n) is 15.6. The first kappa shape index (κ1) is 18.2. The van der Waals surface area contributed by atoms with E-state index in [1.54, 1.807) is 16.8 Å². The molecule has 1 fully saturated rings. The molecule has 1 aliphatic rings. The van der Waals surface area contributed by atoms with Crippen molar-refractivity contribution in [1.82, 2.24) is 15.0 Å². The van der Waals surface area contributed by atoms with Crippen LogP contribution in [0, 0.1) is 19.8 Å². The molecule has 1 atom stereocenters. The Labute approximate surface area is 153 Å². The van der Waals surface area contributed by atoms with Gasteiger partial charge in [0.1, 0.15) is 11.5 Å². The van der Waals surface area contributed by atoms with Gasteiger partial charge in [0, 0.05) is 31.8 Å². The highest BCUT2D eigenvalue weighted by Crippen LogP contribution is 2.21. The fourth-order valence-corrected chi connectivity index (χ4v) is 3.37. The van der Waals surface area contributed by atoms with Gasteiger partial charge < -0.3 is 14.3 Å². The number of carbonyl (C=O) groups excluding carboxylic acids is 2. The molecular weight excluding hydrogens is 330 g/mol. The average Bonchev–Trinajstić information content (AvgIpc) is 3.06. The maximum Gasteiger partial charge on any atom is 0.253 e.